The number of amides is 1. The molecule has 130 valence electrons. The van der Waals surface area contributed by atoms with Crippen molar-refractivity contribution in [1.82, 2.24) is 9.62 Å². The first-order valence-electron chi connectivity index (χ1n) is 7.43. The van der Waals surface area contributed by atoms with E-state index in [1.54, 1.807) is 23.1 Å². The van der Waals surface area contributed by atoms with E-state index in [0.717, 1.165) is 16.9 Å². The summed E-state index contributed by atoms with van der Waals surface area (Å²) in [6, 6.07) is 9.64. The molecule has 1 atom stereocenters. The molecule has 0 spiro atoms. The van der Waals surface area contributed by atoms with Crippen LogP contribution in [-0.2, 0) is 21.4 Å². The monoisotopic (exact) mass is 395 g/mol. The molecule has 9 heteroatoms. The second-order valence-corrected chi connectivity index (χ2v) is 8.91. The normalized spacial score (nSPS) is 17.7. The Bertz CT molecular complexity index is 950. The smallest absolute Gasteiger partial charge is 0.250 e. The van der Waals surface area contributed by atoms with E-state index in [1.807, 2.05) is 6.07 Å². The van der Waals surface area contributed by atoms with Gasteiger partial charge in [0.25, 0.3) is 10.0 Å². The summed E-state index contributed by atoms with van der Waals surface area (Å²) in [7, 11) is -3.77. The minimum absolute atomic E-state index is 0.0884. The van der Waals surface area contributed by atoms with Crippen molar-refractivity contribution in [2.45, 2.75) is 23.2 Å². The number of hydrogen-bond donors (Lipinski definition) is 1. The van der Waals surface area contributed by atoms with Gasteiger partial charge in [-0.25, -0.2) is 8.42 Å². The first kappa shape index (κ1) is 17.9. The summed E-state index contributed by atoms with van der Waals surface area (Å²) in [6.07, 6.45) is 0.398. The zero-order chi connectivity index (χ0) is 18.0. The Morgan fingerprint density at radius 2 is 2.20 bits per heavy atom. The highest BCUT2D eigenvalue weighted by atomic mass is 35.5. The second kappa shape index (κ2) is 7.14. The molecule has 1 aromatic carbocycles. The highest BCUT2D eigenvalue weighted by Crippen LogP contribution is 2.25. The van der Waals surface area contributed by atoms with Crippen LogP contribution >= 0.6 is 22.9 Å². The number of carbonyl (C=O) groups is 1. The van der Waals surface area contributed by atoms with Crippen LogP contribution in [-0.4, -0.2) is 31.8 Å². The van der Waals surface area contributed by atoms with Crippen LogP contribution in [0.2, 0.25) is 5.02 Å². The third kappa shape index (κ3) is 4.02. The summed E-state index contributed by atoms with van der Waals surface area (Å²) >= 11 is 6.78. The fourth-order valence-corrected chi connectivity index (χ4v) is 5.30. The third-order valence-corrected chi connectivity index (χ3v) is 7.09. The molecule has 1 unspecified atom stereocenters. The third-order valence-electron chi connectivity index (χ3n) is 3.83. The van der Waals surface area contributed by atoms with Crippen LogP contribution in [0.1, 0.15) is 17.5 Å². The van der Waals surface area contributed by atoms with Crippen molar-refractivity contribution in [3.63, 3.8) is 0 Å². The van der Waals surface area contributed by atoms with Crippen molar-refractivity contribution in [2.75, 3.05) is 6.54 Å². The van der Waals surface area contributed by atoms with Gasteiger partial charge in [-0.3, -0.25) is 4.79 Å². The summed E-state index contributed by atoms with van der Waals surface area (Å²) in [5, 5.41) is 10.8. The van der Waals surface area contributed by atoms with Gasteiger partial charge >= 0.3 is 0 Å². The van der Waals surface area contributed by atoms with Gasteiger partial charge in [0, 0.05) is 18.5 Å². The fraction of sp³-hybridized carbons (Fsp3) is 0.250. The molecule has 3 rings (SSSR count). The lowest BCUT2D eigenvalue weighted by Gasteiger charge is -2.17. The number of nitrogens with zero attached hydrogens (tertiary/aromatic N) is 2. The molecule has 25 heavy (non-hydrogen) atoms. The van der Waals surface area contributed by atoms with Gasteiger partial charge in [-0.15, -0.1) is 11.3 Å². The highest BCUT2D eigenvalue weighted by molar-refractivity contribution is 7.91. The standard InChI is InChI=1S/C16H14ClN3O3S2/c17-13-7-15(24-10-13)25(22,23)19-14-4-5-20(16(14)21)9-12-3-1-2-11(6-12)8-18/h1-3,6-7,10,14,19H,4-5,9H2. The number of sulfonamides is 1. The number of nitrogens with one attached hydrogen (secondary N) is 1. The molecule has 0 radical (unpaired) electrons. The Hall–Kier alpha value is -1.92. The van der Waals surface area contributed by atoms with E-state index < -0.39 is 16.1 Å². The number of benzene rings is 1. The number of halogens is 1. The molecule has 6 nitrogen and oxygen atoms in total. The number of thiophene rings is 1. The summed E-state index contributed by atoms with van der Waals surface area (Å²) in [6.45, 7) is 0.797. The minimum Gasteiger partial charge on any atom is -0.337 e. The Morgan fingerprint density at radius 1 is 1.40 bits per heavy atom. The van der Waals surface area contributed by atoms with E-state index in [9.17, 15) is 13.2 Å². The van der Waals surface area contributed by atoms with Crippen molar-refractivity contribution < 1.29 is 13.2 Å². The molecule has 1 aromatic heterocycles. The zero-order valence-electron chi connectivity index (χ0n) is 13.0. The molecule has 0 saturated carbocycles. The van der Waals surface area contributed by atoms with Gasteiger partial charge in [0.05, 0.1) is 16.7 Å². The summed E-state index contributed by atoms with van der Waals surface area (Å²) < 4.78 is 27.2. The first-order chi connectivity index (χ1) is 11.9. The molecule has 1 aliphatic heterocycles. The maximum absolute atomic E-state index is 12.5. The van der Waals surface area contributed by atoms with Crippen LogP contribution in [0.15, 0.2) is 39.9 Å². The van der Waals surface area contributed by atoms with Gasteiger partial charge in [0.15, 0.2) is 0 Å². The SMILES string of the molecule is N#Cc1cccc(CN2CCC(NS(=O)(=O)c3cc(Cl)cs3)C2=O)c1. The molecule has 0 bridgehead atoms. The van der Waals surface area contributed by atoms with Crippen LogP contribution in [0.25, 0.3) is 0 Å². The number of nitriles is 1. The van der Waals surface area contributed by atoms with Crippen molar-refractivity contribution in [2.24, 2.45) is 0 Å². The molecule has 1 saturated heterocycles. The molecular formula is C16H14ClN3O3S2. The first-order valence-corrected chi connectivity index (χ1v) is 10.2. The van der Waals surface area contributed by atoms with Gasteiger partial charge < -0.3 is 4.90 Å². The Morgan fingerprint density at radius 3 is 2.88 bits per heavy atom. The lowest BCUT2D eigenvalue weighted by Crippen LogP contribution is -2.41. The van der Waals surface area contributed by atoms with Gasteiger partial charge in [-0.1, -0.05) is 23.7 Å². The molecule has 2 aromatic rings. The second-order valence-electron chi connectivity index (χ2n) is 5.62. The molecule has 1 fully saturated rings. The largest absolute Gasteiger partial charge is 0.337 e. The lowest BCUT2D eigenvalue weighted by molar-refractivity contribution is -0.129. The predicted molar refractivity (Wildman–Crippen MR) is 94.6 cm³/mol. The van der Waals surface area contributed by atoms with E-state index in [4.69, 9.17) is 16.9 Å². The van der Waals surface area contributed by atoms with Crippen LogP contribution in [0.4, 0.5) is 0 Å². The van der Waals surface area contributed by atoms with Crippen LogP contribution < -0.4 is 4.72 Å². The number of hydrogen-bond acceptors (Lipinski definition) is 5. The quantitative estimate of drug-likeness (QED) is 0.841. The minimum atomic E-state index is -3.77. The zero-order valence-corrected chi connectivity index (χ0v) is 15.4. The maximum atomic E-state index is 12.5. The van der Waals surface area contributed by atoms with E-state index >= 15 is 0 Å². The topological polar surface area (TPSA) is 90.3 Å². The van der Waals surface area contributed by atoms with Crippen LogP contribution in [0.3, 0.4) is 0 Å². The van der Waals surface area contributed by atoms with E-state index in [1.165, 1.54) is 11.4 Å². The molecule has 2 heterocycles. The van der Waals surface area contributed by atoms with Gasteiger partial charge in [-0.05, 0) is 30.2 Å². The Kier molecular flexibility index (Phi) is 5.11. The summed E-state index contributed by atoms with van der Waals surface area (Å²) in [4.78, 5) is 14.1. The maximum Gasteiger partial charge on any atom is 0.250 e. The van der Waals surface area contributed by atoms with Crippen molar-refractivity contribution in [3.8, 4) is 6.07 Å². The Balaban J connectivity index is 1.68. The molecule has 1 N–H and O–H groups in total. The highest BCUT2D eigenvalue weighted by Gasteiger charge is 2.35. The van der Waals surface area contributed by atoms with Gasteiger partial charge in [0.1, 0.15) is 10.3 Å². The Labute approximate surface area is 154 Å². The molecule has 0 aliphatic carbocycles. The summed E-state index contributed by atoms with van der Waals surface area (Å²) in [5.74, 6) is -0.270. The molecular weight excluding hydrogens is 382 g/mol. The van der Waals surface area contributed by atoms with Crippen LogP contribution in [0.5, 0.6) is 0 Å². The van der Waals surface area contributed by atoms with Crippen LogP contribution in [0, 0.1) is 11.3 Å². The van der Waals surface area contributed by atoms with Crippen molar-refractivity contribution in [1.29, 1.82) is 5.26 Å². The van der Waals surface area contributed by atoms with E-state index in [0.29, 0.717) is 30.1 Å². The molecule has 1 aliphatic rings. The number of likely N-dealkylation sites (tertiary alicyclic amines) is 1. The number of rotatable bonds is 5. The average Bonchev–Trinajstić information content (AvgIpc) is 3.16. The van der Waals surface area contributed by atoms with Gasteiger partial charge in [-0.2, -0.15) is 9.98 Å². The molecule has 1 amide bonds. The fourth-order valence-electron chi connectivity index (χ4n) is 2.65. The number of carbonyl (C=O) groups excluding carboxylic acids is 1. The van der Waals surface area contributed by atoms with Gasteiger partial charge in [0.2, 0.25) is 5.91 Å². The van der Waals surface area contributed by atoms with E-state index in [-0.39, 0.29) is 10.1 Å². The lowest BCUT2D eigenvalue weighted by atomic mass is 10.1. The van der Waals surface area contributed by atoms with Crippen molar-refractivity contribution >= 4 is 38.9 Å². The summed E-state index contributed by atoms with van der Waals surface area (Å²) in [5.41, 5.74) is 1.36. The van der Waals surface area contributed by atoms with Crippen molar-refractivity contribution in [3.05, 3.63) is 51.9 Å². The average molecular weight is 396 g/mol. The van der Waals surface area contributed by atoms with E-state index in [2.05, 4.69) is 10.8 Å². The predicted octanol–water partition coefficient (Wildman–Crippen LogP) is 2.35.